The van der Waals surface area contributed by atoms with Crippen molar-refractivity contribution in [3.8, 4) is 11.4 Å². The van der Waals surface area contributed by atoms with Gasteiger partial charge in [0.25, 0.3) is 5.56 Å². The van der Waals surface area contributed by atoms with Gasteiger partial charge in [-0.05, 0) is 48.9 Å². The summed E-state index contributed by atoms with van der Waals surface area (Å²) in [5, 5.41) is 14.4. The normalized spacial score (nSPS) is 12.0. The molecule has 3 aromatic carbocycles. The Morgan fingerprint density at radius 2 is 1.57 bits per heavy atom. The summed E-state index contributed by atoms with van der Waals surface area (Å²) in [5.41, 5.74) is 1.92. The Kier molecular flexibility index (Phi) is 6.01. The fourth-order valence-electron chi connectivity index (χ4n) is 4.76. The standard InChI is InChI=1S/C29H25N3O5/c1-17-24(28(35)32(31(17)3)21-9-5-4-6-10-21)25(19-13-15-20(16-14-19)30-18(2)33)26-27(34)22-11-7-8-12-23(22)37-29(26)36/h4-16,25,34H,1-3H3,(H,30,33)/t25-/m0/s1. The number of aromatic hydroxyl groups is 1. The number of nitrogens with zero attached hydrogens (tertiary/aromatic N) is 2. The van der Waals surface area contributed by atoms with Crippen molar-refractivity contribution in [2.24, 2.45) is 7.05 Å². The number of carbonyl (C=O) groups is 1. The lowest BCUT2D eigenvalue weighted by Gasteiger charge is -2.18. The maximum Gasteiger partial charge on any atom is 0.344 e. The Morgan fingerprint density at radius 3 is 2.24 bits per heavy atom. The SMILES string of the molecule is CC(=O)Nc1ccc([C@H](c2c(O)c3ccccc3oc2=O)c2c(C)n(C)n(-c3ccccc3)c2=O)cc1. The summed E-state index contributed by atoms with van der Waals surface area (Å²) < 4.78 is 8.85. The van der Waals surface area contributed by atoms with Gasteiger partial charge in [-0.15, -0.1) is 0 Å². The van der Waals surface area contributed by atoms with Gasteiger partial charge in [0, 0.05) is 25.4 Å². The van der Waals surface area contributed by atoms with E-state index in [0.717, 1.165) is 0 Å². The molecule has 1 amide bonds. The van der Waals surface area contributed by atoms with Crippen LogP contribution in [-0.2, 0) is 11.8 Å². The van der Waals surface area contributed by atoms with Crippen LogP contribution in [0, 0.1) is 6.92 Å². The van der Waals surface area contributed by atoms with E-state index in [1.807, 2.05) is 30.3 Å². The molecular weight excluding hydrogens is 470 g/mol. The monoisotopic (exact) mass is 495 g/mol. The molecule has 2 N–H and O–H groups in total. The molecule has 0 unspecified atom stereocenters. The van der Waals surface area contributed by atoms with Crippen LogP contribution in [0.25, 0.3) is 16.7 Å². The van der Waals surface area contributed by atoms with Crippen LogP contribution < -0.4 is 16.5 Å². The molecule has 8 heteroatoms. The molecule has 5 aromatic rings. The van der Waals surface area contributed by atoms with Gasteiger partial charge < -0.3 is 14.8 Å². The van der Waals surface area contributed by atoms with E-state index < -0.39 is 11.5 Å². The number of fused-ring (bicyclic) bond motifs is 1. The van der Waals surface area contributed by atoms with Gasteiger partial charge >= 0.3 is 5.63 Å². The average molecular weight is 496 g/mol. The van der Waals surface area contributed by atoms with Gasteiger partial charge in [-0.3, -0.25) is 14.3 Å². The van der Waals surface area contributed by atoms with Crippen molar-refractivity contribution >= 4 is 22.6 Å². The minimum Gasteiger partial charge on any atom is -0.507 e. The first kappa shape index (κ1) is 23.9. The maximum atomic E-state index is 14.0. The molecule has 37 heavy (non-hydrogen) atoms. The molecule has 0 saturated heterocycles. The molecule has 0 aliphatic rings. The Morgan fingerprint density at radius 1 is 0.919 bits per heavy atom. The number of para-hydroxylation sites is 2. The highest BCUT2D eigenvalue weighted by atomic mass is 16.4. The number of nitrogens with one attached hydrogen (secondary N) is 1. The molecule has 8 nitrogen and oxygen atoms in total. The van der Waals surface area contributed by atoms with Crippen molar-refractivity contribution in [1.82, 2.24) is 9.36 Å². The maximum absolute atomic E-state index is 14.0. The predicted molar refractivity (Wildman–Crippen MR) is 142 cm³/mol. The zero-order chi connectivity index (χ0) is 26.3. The molecule has 0 aliphatic carbocycles. The van der Waals surface area contributed by atoms with Gasteiger partial charge in [-0.25, -0.2) is 9.48 Å². The van der Waals surface area contributed by atoms with Crippen LogP contribution in [0.1, 0.15) is 35.2 Å². The van der Waals surface area contributed by atoms with Crippen molar-refractivity contribution in [3.63, 3.8) is 0 Å². The summed E-state index contributed by atoms with van der Waals surface area (Å²) in [6.45, 7) is 3.21. The lowest BCUT2D eigenvalue weighted by molar-refractivity contribution is -0.114. The molecule has 186 valence electrons. The molecule has 5 rings (SSSR count). The van der Waals surface area contributed by atoms with E-state index in [2.05, 4.69) is 5.32 Å². The van der Waals surface area contributed by atoms with E-state index in [9.17, 15) is 19.5 Å². The zero-order valence-electron chi connectivity index (χ0n) is 20.6. The molecule has 0 spiro atoms. The quantitative estimate of drug-likeness (QED) is 0.351. The molecule has 0 fully saturated rings. The number of rotatable bonds is 5. The first-order valence-corrected chi connectivity index (χ1v) is 11.7. The van der Waals surface area contributed by atoms with Crippen LogP contribution >= 0.6 is 0 Å². The largest absolute Gasteiger partial charge is 0.507 e. The fourth-order valence-corrected chi connectivity index (χ4v) is 4.76. The first-order valence-electron chi connectivity index (χ1n) is 11.7. The predicted octanol–water partition coefficient (Wildman–Crippen LogP) is 4.44. The second-order valence-electron chi connectivity index (χ2n) is 8.86. The van der Waals surface area contributed by atoms with E-state index in [1.54, 1.807) is 67.2 Å². The molecule has 1 atom stereocenters. The van der Waals surface area contributed by atoms with Gasteiger partial charge in [0.05, 0.1) is 28.1 Å². The van der Waals surface area contributed by atoms with Gasteiger partial charge in [-0.1, -0.05) is 42.5 Å². The van der Waals surface area contributed by atoms with Crippen molar-refractivity contribution in [2.45, 2.75) is 19.8 Å². The van der Waals surface area contributed by atoms with Crippen molar-refractivity contribution in [1.29, 1.82) is 0 Å². The van der Waals surface area contributed by atoms with Crippen LogP contribution in [0.3, 0.4) is 0 Å². The molecule has 0 bridgehead atoms. The van der Waals surface area contributed by atoms with Crippen molar-refractivity contribution in [2.75, 3.05) is 5.32 Å². The first-order chi connectivity index (χ1) is 17.8. The summed E-state index contributed by atoms with van der Waals surface area (Å²) in [4.78, 5) is 38.8. The summed E-state index contributed by atoms with van der Waals surface area (Å²) in [7, 11) is 1.77. The number of hydrogen-bond acceptors (Lipinski definition) is 5. The number of carbonyl (C=O) groups excluding carboxylic acids is 1. The number of amides is 1. The molecular formula is C29H25N3O5. The van der Waals surface area contributed by atoms with E-state index in [1.165, 1.54) is 11.6 Å². The van der Waals surface area contributed by atoms with Crippen LogP contribution in [-0.4, -0.2) is 20.4 Å². The molecule has 0 radical (unpaired) electrons. The van der Waals surface area contributed by atoms with Crippen LogP contribution in [0.5, 0.6) is 5.75 Å². The highest BCUT2D eigenvalue weighted by molar-refractivity contribution is 5.88. The van der Waals surface area contributed by atoms with Crippen LogP contribution in [0.2, 0.25) is 0 Å². The van der Waals surface area contributed by atoms with Gasteiger partial charge in [0.15, 0.2) is 0 Å². The summed E-state index contributed by atoms with van der Waals surface area (Å²) in [5.74, 6) is -1.39. The van der Waals surface area contributed by atoms with Crippen molar-refractivity contribution < 1.29 is 14.3 Å². The minimum absolute atomic E-state index is 0.0306. The number of benzene rings is 3. The number of aromatic nitrogens is 2. The fraction of sp³-hybridized carbons (Fsp3) is 0.138. The molecule has 0 aliphatic heterocycles. The average Bonchev–Trinajstić information content (AvgIpc) is 3.10. The minimum atomic E-state index is -0.934. The van der Waals surface area contributed by atoms with Crippen LogP contribution in [0.15, 0.2) is 92.9 Å². The topological polar surface area (TPSA) is 106 Å². The van der Waals surface area contributed by atoms with Gasteiger partial charge in [0.2, 0.25) is 5.91 Å². The smallest absolute Gasteiger partial charge is 0.344 e. The molecule has 2 aromatic heterocycles. The summed E-state index contributed by atoms with van der Waals surface area (Å²) >= 11 is 0. The van der Waals surface area contributed by atoms with Gasteiger partial charge in [0.1, 0.15) is 11.3 Å². The third-order valence-electron chi connectivity index (χ3n) is 6.56. The third kappa shape index (κ3) is 4.12. The lowest BCUT2D eigenvalue weighted by atomic mass is 9.85. The van der Waals surface area contributed by atoms with E-state index in [-0.39, 0.29) is 28.4 Å². The highest BCUT2D eigenvalue weighted by Gasteiger charge is 2.32. The van der Waals surface area contributed by atoms with Crippen LogP contribution in [0.4, 0.5) is 5.69 Å². The molecule has 0 saturated carbocycles. The number of anilines is 1. The number of hydrogen-bond donors (Lipinski definition) is 2. The second kappa shape index (κ2) is 9.31. The Bertz CT molecular complexity index is 1750. The Labute approximate surface area is 212 Å². The molecule has 2 heterocycles. The van der Waals surface area contributed by atoms with Gasteiger partial charge in [-0.2, -0.15) is 0 Å². The Balaban J connectivity index is 1.82. The zero-order valence-corrected chi connectivity index (χ0v) is 20.6. The lowest BCUT2D eigenvalue weighted by Crippen LogP contribution is -2.24. The second-order valence-corrected chi connectivity index (χ2v) is 8.86. The summed E-state index contributed by atoms with van der Waals surface area (Å²) in [6.07, 6.45) is 0. The van der Waals surface area contributed by atoms with E-state index in [0.29, 0.717) is 33.6 Å². The summed E-state index contributed by atoms with van der Waals surface area (Å²) in [6, 6.07) is 22.7. The third-order valence-corrected chi connectivity index (χ3v) is 6.56. The van der Waals surface area contributed by atoms with E-state index in [4.69, 9.17) is 4.42 Å². The van der Waals surface area contributed by atoms with E-state index >= 15 is 0 Å². The van der Waals surface area contributed by atoms with Crippen molar-refractivity contribution in [3.05, 3.63) is 122 Å². The highest BCUT2D eigenvalue weighted by Crippen LogP contribution is 2.38. The Hall–Kier alpha value is -4.85.